The van der Waals surface area contributed by atoms with E-state index in [1.165, 1.54) is 12.1 Å². The summed E-state index contributed by atoms with van der Waals surface area (Å²) in [6.07, 6.45) is 1.88. The van der Waals surface area contributed by atoms with E-state index in [-0.39, 0.29) is 17.3 Å². The van der Waals surface area contributed by atoms with Crippen LogP contribution in [0.1, 0.15) is 23.2 Å². The molecule has 1 aromatic carbocycles. The van der Waals surface area contributed by atoms with Gasteiger partial charge in [-0.2, -0.15) is 0 Å². The number of anilines is 1. The van der Waals surface area contributed by atoms with Gasteiger partial charge >= 0.3 is 0 Å². The third-order valence-corrected chi connectivity index (χ3v) is 3.20. The molecule has 1 aliphatic rings. The quantitative estimate of drug-likeness (QED) is 0.522. The number of hydrogen-bond acceptors (Lipinski definition) is 5. The van der Waals surface area contributed by atoms with E-state index >= 15 is 0 Å². The number of alkyl halides is 2. The number of nitrogens with zero attached hydrogens (tertiary/aromatic N) is 1. The Morgan fingerprint density at radius 3 is 2.68 bits per heavy atom. The average Bonchev–Trinajstić information content (AvgIpc) is 3.29. The van der Waals surface area contributed by atoms with Gasteiger partial charge in [-0.15, -0.1) is 0 Å². The van der Waals surface area contributed by atoms with Crippen LogP contribution in [0, 0.1) is 10.1 Å². The first-order valence-corrected chi connectivity index (χ1v) is 6.73. The summed E-state index contributed by atoms with van der Waals surface area (Å²) in [5, 5.41) is 16.1. The number of nitrogens with one attached hydrogen (secondary N) is 2. The van der Waals surface area contributed by atoms with E-state index < -0.39 is 29.8 Å². The van der Waals surface area contributed by atoms with Crippen molar-refractivity contribution in [3.05, 3.63) is 33.9 Å². The average molecular weight is 314 g/mol. The van der Waals surface area contributed by atoms with Crippen LogP contribution in [0.5, 0.6) is 0 Å². The predicted molar refractivity (Wildman–Crippen MR) is 76.1 cm³/mol. The molecule has 4 N–H and O–H groups in total. The third-order valence-electron chi connectivity index (χ3n) is 3.20. The molecule has 0 aromatic heterocycles. The molecule has 1 amide bonds. The Kier molecular flexibility index (Phi) is 4.55. The zero-order chi connectivity index (χ0) is 16.3. The van der Waals surface area contributed by atoms with Gasteiger partial charge in [-0.05, 0) is 25.0 Å². The highest BCUT2D eigenvalue weighted by Gasteiger charge is 2.28. The van der Waals surface area contributed by atoms with Crippen molar-refractivity contribution in [3.63, 3.8) is 0 Å². The third kappa shape index (κ3) is 4.10. The number of nitro benzene ring substituents is 1. The Balaban J connectivity index is 2.11. The summed E-state index contributed by atoms with van der Waals surface area (Å²) in [5.74, 6) is -4.02. The maximum absolute atomic E-state index is 13.0. The minimum absolute atomic E-state index is 0.0548. The number of halogens is 2. The first-order chi connectivity index (χ1) is 10.3. The fourth-order valence-electron chi connectivity index (χ4n) is 1.78. The molecule has 1 aromatic rings. The summed E-state index contributed by atoms with van der Waals surface area (Å²) in [6.45, 7) is -1.81. The van der Waals surface area contributed by atoms with Crippen LogP contribution in [-0.2, 0) is 0 Å². The van der Waals surface area contributed by atoms with Crippen molar-refractivity contribution >= 4 is 17.3 Å². The SMILES string of the molecule is NCC(F)(F)CNC(=O)c1ccc(NC2CC2)c([N+](=O)[O-])c1. The normalized spacial score (nSPS) is 14.5. The van der Waals surface area contributed by atoms with Gasteiger partial charge in [0.1, 0.15) is 5.69 Å². The predicted octanol–water partition coefficient (Wildman–Crippen LogP) is 1.49. The van der Waals surface area contributed by atoms with Crippen molar-refractivity contribution in [1.29, 1.82) is 0 Å². The molecule has 0 aliphatic heterocycles. The number of amides is 1. The topological polar surface area (TPSA) is 110 Å². The van der Waals surface area contributed by atoms with Gasteiger partial charge in [-0.3, -0.25) is 14.9 Å². The molecule has 2 rings (SSSR count). The molecular formula is C13H16F2N4O3. The standard InChI is InChI=1S/C13H16F2N4O3/c14-13(15,6-16)7-17-12(20)8-1-4-10(18-9-2-3-9)11(5-8)19(21)22/h1,4-5,9,18H,2-3,6-7,16H2,(H,17,20). The van der Waals surface area contributed by atoms with Crippen LogP contribution < -0.4 is 16.4 Å². The molecule has 0 saturated heterocycles. The maximum Gasteiger partial charge on any atom is 0.293 e. The number of nitro groups is 1. The first-order valence-electron chi connectivity index (χ1n) is 6.73. The molecule has 120 valence electrons. The highest BCUT2D eigenvalue weighted by atomic mass is 19.3. The van der Waals surface area contributed by atoms with Crippen molar-refractivity contribution in [2.45, 2.75) is 24.8 Å². The molecule has 0 radical (unpaired) electrons. The lowest BCUT2D eigenvalue weighted by atomic mass is 10.1. The number of carbonyl (C=O) groups excluding carboxylic acids is 1. The summed E-state index contributed by atoms with van der Waals surface area (Å²) in [7, 11) is 0. The second-order valence-corrected chi connectivity index (χ2v) is 5.15. The van der Waals surface area contributed by atoms with Crippen LogP contribution in [0.4, 0.5) is 20.2 Å². The summed E-state index contributed by atoms with van der Waals surface area (Å²) in [5.41, 5.74) is 4.87. The van der Waals surface area contributed by atoms with E-state index in [9.17, 15) is 23.7 Å². The molecule has 0 atom stereocenters. The first kappa shape index (κ1) is 16.1. The lowest BCUT2D eigenvalue weighted by Gasteiger charge is -2.14. The zero-order valence-electron chi connectivity index (χ0n) is 11.6. The second-order valence-electron chi connectivity index (χ2n) is 5.15. The van der Waals surface area contributed by atoms with Crippen LogP contribution in [0.25, 0.3) is 0 Å². The van der Waals surface area contributed by atoms with E-state index in [0.717, 1.165) is 18.9 Å². The summed E-state index contributed by atoms with van der Waals surface area (Å²) >= 11 is 0. The Labute approximate surface area is 125 Å². The summed E-state index contributed by atoms with van der Waals surface area (Å²) < 4.78 is 26.0. The molecule has 9 heteroatoms. The van der Waals surface area contributed by atoms with Crippen molar-refractivity contribution in [1.82, 2.24) is 5.32 Å². The lowest BCUT2D eigenvalue weighted by molar-refractivity contribution is -0.384. The Morgan fingerprint density at radius 1 is 1.45 bits per heavy atom. The largest absolute Gasteiger partial charge is 0.377 e. The minimum atomic E-state index is -3.21. The molecule has 1 fully saturated rings. The molecule has 0 bridgehead atoms. The van der Waals surface area contributed by atoms with Crippen LogP contribution in [-0.4, -0.2) is 35.9 Å². The van der Waals surface area contributed by atoms with Crippen molar-refractivity contribution < 1.29 is 18.5 Å². The molecule has 1 saturated carbocycles. The van der Waals surface area contributed by atoms with E-state index in [1.54, 1.807) is 0 Å². The van der Waals surface area contributed by atoms with Crippen LogP contribution in [0.3, 0.4) is 0 Å². The number of nitrogens with two attached hydrogens (primary N) is 1. The molecular weight excluding hydrogens is 298 g/mol. The van der Waals surface area contributed by atoms with Crippen LogP contribution in [0.15, 0.2) is 18.2 Å². The number of carbonyl (C=O) groups is 1. The van der Waals surface area contributed by atoms with Crippen LogP contribution in [0.2, 0.25) is 0 Å². The van der Waals surface area contributed by atoms with Gasteiger partial charge in [0.25, 0.3) is 17.5 Å². The van der Waals surface area contributed by atoms with Crippen molar-refractivity contribution in [2.75, 3.05) is 18.4 Å². The van der Waals surface area contributed by atoms with E-state index in [1.807, 2.05) is 5.32 Å². The van der Waals surface area contributed by atoms with Crippen molar-refractivity contribution in [2.24, 2.45) is 5.73 Å². The van der Waals surface area contributed by atoms with Gasteiger partial charge in [0.15, 0.2) is 0 Å². The van der Waals surface area contributed by atoms with Gasteiger partial charge in [0.2, 0.25) is 0 Å². The van der Waals surface area contributed by atoms with Gasteiger partial charge < -0.3 is 16.4 Å². The Hall–Kier alpha value is -2.29. The fraction of sp³-hybridized carbons (Fsp3) is 0.462. The number of hydrogen-bond donors (Lipinski definition) is 3. The van der Waals surface area contributed by atoms with Gasteiger partial charge in [0.05, 0.1) is 18.0 Å². The summed E-state index contributed by atoms with van der Waals surface area (Å²) in [4.78, 5) is 22.2. The van der Waals surface area contributed by atoms with Gasteiger partial charge in [0, 0.05) is 17.7 Å². The van der Waals surface area contributed by atoms with Crippen molar-refractivity contribution in [3.8, 4) is 0 Å². The van der Waals surface area contributed by atoms with E-state index in [2.05, 4.69) is 5.32 Å². The monoisotopic (exact) mass is 314 g/mol. The van der Waals surface area contributed by atoms with Crippen LogP contribution >= 0.6 is 0 Å². The van der Waals surface area contributed by atoms with Gasteiger partial charge in [-0.1, -0.05) is 0 Å². The maximum atomic E-state index is 13.0. The smallest absolute Gasteiger partial charge is 0.293 e. The lowest BCUT2D eigenvalue weighted by Crippen LogP contribution is -2.41. The number of benzene rings is 1. The molecule has 22 heavy (non-hydrogen) atoms. The highest BCUT2D eigenvalue weighted by molar-refractivity contribution is 5.95. The van der Waals surface area contributed by atoms with E-state index in [4.69, 9.17) is 5.73 Å². The second kappa shape index (κ2) is 6.22. The molecule has 0 heterocycles. The molecule has 1 aliphatic carbocycles. The molecule has 0 spiro atoms. The molecule has 7 nitrogen and oxygen atoms in total. The summed E-state index contributed by atoms with van der Waals surface area (Å²) in [6, 6.07) is 4.04. The van der Waals surface area contributed by atoms with Gasteiger partial charge in [-0.25, -0.2) is 8.78 Å². The Morgan fingerprint density at radius 2 is 2.14 bits per heavy atom. The highest BCUT2D eigenvalue weighted by Crippen LogP contribution is 2.31. The molecule has 0 unspecified atom stereocenters. The minimum Gasteiger partial charge on any atom is -0.377 e. The zero-order valence-corrected chi connectivity index (χ0v) is 11.6. The fourth-order valence-corrected chi connectivity index (χ4v) is 1.78. The number of rotatable bonds is 7. The van der Waals surface area contributed by atoms with E-state index in [0.29, 0.717) is 5.69 Å². The Bertz CT molecular complexity index is 591.